The molecule has 1 fully saturated rings. The van der Waals surface area contributed by atoms with Gasteiger partial charge in [0.05, 0.1) is 26.2 Å². The predicted octanol–water partition coefficient (Wildman–Crippen LogP) is 1.62. The van der Waals surface area contributed by atoms with E-state index in [4.69, 9.17) is 16.3 Å². The molecule has 2 N–H and O–H groups in total. The van der Waals surface area contributed by atoms with E-state index in [2.05, 4.69) is 4.90 Å². The van der Waals surface area contributed by atoms with Crippen molar-refractivity contribution < 1.29 is 19.1 Å². The van der Waals surface area contributed by atoms with Crippen molar-refractivity contribution in [2.75, 3.05) is 44.2 Å². The molecular formula is C19H23ClFN2O2+. The second-order valence-electron chi connectivity index (χ2n) is 6.34. The highest BCUT2D eigenvalue weighted by Gasteiger charge is 2.22. The van der Waals surface area contributed by atoms with E-state index in [0.717, 1.165) is 31.9 Å². The van der Waals surface area contributed by atoms with Crippen LogP contribution in [0.1, 0.15) is 0 Å². The number of nitrogens with one attached hydrogen (secondary N) is 1. The number of halogens is 2. The predicted molar refractivity (Wildman–Crippen MR) is 97.1 cm³/mol. The van der Waals surface area contributed by atoms with E-state index >= 15 is 0 Å². The lowest BCUT2D eigenvalue weighted by molar-refractivity contribution is -0.903. The van der Waals surface area contributed by atoms with Gasteiger partial charge in [-0.15, -0.1) is 0 Å². The third-order valence-corrected chi connectivity index (χ3v) is 4.69. The number of aliphatic hydroxyl groups is 1. The normalized spacial score (nSPS) is 16.7. The standard InChI is InChI=1S/C19H22ClFN2O2/c20-15-1-7-19(8-2-15)25-14-18(24)13-22-9-11-23(12-10-22)17-5-3-16(21)4-6-17/h1-8,18,24H,9-14H2/p+1/t18-/m1/s1. The van der Waals surface area contributed by atoms with Gasteiger partial charge in [-0.05, 0) is 48.5 Å². The summed E-state index contributed by atoms with van der Waals surface area (Å²) in [5.74, 6) is 0.497. The monoisotopic (exact) mass is 365 g/mol. The van der Waals surface area contributed by atoms with Crippen LogP contribution in [0.25, 0.3) is 0 Å². The molecule has 2 aromatic rings. The fourth-order valence-corrected chi connectivity index (χ4v) is 3.18. The summed E-state index contributed by atoms with van der Waals surface area (Å²) in [5.41, 5.74) is 1.05. The van der Waals surface area contributed by atoms with Crippen LogP contribution in [-0.2, 0) is 0 Å². The van der Waals surface area contributed by atoms with Crippen LogP contribution in [0.15, 0.2) is 48.5 Å². The van der Waals surface area contributed by atoms with Gasteiger partial charge in [0.1, 0.15) is 30.8 Å². The van der Waals surface area contributed by atoms with Gasteiger partial charge in [0.2, 0.25) is 0 Å². The molecule has 1 aliphatic heterocycles. The highest BCUT2D eigenvalue weighted by Crippen LogP contribution is 2.16. The molecule has 3 rings (SSSR count). The number of ether oxygens (including phenoxy) is 1. The maximum Gasteiger partial charge on any atom is 0.137 e. The zero-order valence-electron chi connectivity index (χ0n) is 14.0. The van der Waals surface area contributed by atoms with E-state index in [-0.39, 0.29) is 12.4 Å². The van der Waals surface area contributed by atoms with Gasteiger partial charge in [-0.25, -0.2) is 4.39 Å². The van der Waals surface area contributed by atoms with Crippen molar-refractivity contribution in [2.24, 2.45) is 0 Å². The molecule has 25 heavy (non-hydrogen) atoms. The van der Waals surface area contributed by atoms with Gasteiger partial charge in [0.15, 0.2) is 0 Å². The molecule has 0 amide bonds. The number of anilines is 1. The Bertz CT molecular complexity index is 658. The minimum absolute atomic E-state index is 0.211. The Kier molecular flexibility index (Phi) is 6.13. The van der Waals surface area contributed by atoms with E-state index in [0.29, 0.717) is 17.3 Å². The molecule has 1 heterocycles. The molecule has 2 aromatic carbocycles. The Hall–Kier alpha value is -1.82. The van der Waals surface area contributed by atoms with E-state index in [1.54, 1.807) is 24.3 Å². The van der Waals surface area contributed by atoms with Gasteiger partial charge in [-0.3, -0.25) is 0 Å². The quantitative estimate of drug-likeness (QED) is 0.817. The molecule has 0 bridgehead atoms. The molecule has 0 unspecified atom stereocenters. The minimum Gasteiger partial charge on any atom is -0.491 e. The third kappa shape index (κ3) is 5.33. The maximum atomic E-state index is 13.0. The summed E-state index contributed by atoms with van der Waals surface area (Å²) in [6.45, 7) is 4.60. The SMILES string of the molecule is O[C@@H](COc1ccc(Cl)cc1)C[NH+]1CCN(c2ccc(F)cc2)CC1. The first kappa shape index (κ1) is 18.0. The van der Waals surface area contributed by atoms with Crippen molar-refractivity contribution in [1.82, 2.24) is 0 Å². The van der Waals surface area contributed by atoms with Crippen molar-refractivity contribution in [3.05, 3.63) is 59.4 Å². The number of hydrogen-bond acceptors (Lipinski definition) is 3. The van der Waals surface area contributed by atoms with Crippen LogP contribution in [0.3, 0.4) is 0 Å². The molecule has 0 spiro atoms. The summed E-state index contributed by atoms with van der Waals surface area (Å²) in [7, 11) is 0. The molecule has 0 aliphatic carbocycles. The second-order valence-corrected chi connectivity index (χ2v) is 6.77. The Morgan fingerprint density at radius 2 is 1.72 bits per heavy atom. The van der Waals surface area contributed by atoms with Gasteiger partial charge in [0.25, 0.3) is 0 Å². The van der Waals surface area contributed by atoms with Gasteiger partial charge in [-0.1, -0.05) is 11.6 Å². The summed E-state index contributed by atoms with van der Waals surface area (Å²) in [6.07, 6.45) is -0.511. The summed E-state index contributed by atoms with van der Waals surface area (Å²) in [4.78, 5) is 3.60. The molecule has 0 aromatic heterocycles. The lowest BCUT2D eigenvalue weighted by atomic mass is 10.2. The molecular weight excluding hydrogens is 343 g/mol. The number of quaternary nitrogens is 1. The number of aliphatic hydroxyl groups excluding tert-OH is 1. The van der Waals surface area contributed by atoms with Gasteiger partial charge in [-0.2, -0.15) is 0 Å². The Morgan fingerprint density at radius 3 is 2.36 bits per heavy atom. The van der Waals surface area contributed by atoms with E-state index in [1.807, 2.05) is 12.1 Å². The summed E-state index contributed by atoms with van der Waals surface area (Å²) in [5, 5.41) is 10.9. The second kappa shape index (κ2) is 8.52. The van der Waals surface area contributed by atoms with E-state index < -0.39 is 6.10 Å². The van der Waals surface area contributed by atoms with Crippen molar-refractivity contribution in [1.29, 1.82) is 0 Å². The fourth-order valence-electron chi connectivity index (χ4n) is 3.05. The summed E-state index contributed by atoms with van der Waals surface area (Å²) >= 11 is 5.84. The van der Waals surface area contributed by atoms with Crippen LogP contribution in [-0.4, -0.2) is 50.5 Å². The molecule has 4 nitrogen and oxygen atoms in total. The molecule has 1 saturated heterocycles. The first-order valence-corrected chi connectivity index (χ1v) is 8.88. The Labute approximate surface area is 152 Å². The number of piperazine rings is 1. The topological polar surface area (TPSA) is 37.1 Å². The summed E-state index contributed by atoms with van der Waals surface area (Å²) in [6, 6.07) is 13.7. The lowest BCUT2D eigenvalue weighted by Gasteiger charge is -2.34. The lowest BCUT2D eigenvalue weighted by Crippen LogP contribution is -3.16. The minimum atomic E-state index is -0.511. The van der Waals surface area contributed by atoms with Gasteiger partial charge >= 0.3 is 0 Å². The molecule has 0 radical (unpaired) electrons. The first-order chi connectivity index (χ1) is 12.1. The molecule has 6 heteroatoms. The third-order valence-electron chi connectivity index (χ3n) is 4.44. The van der Waals surface area contributed by atoms with E-state index in [1.165, 1.54) is 17.0 Å². The number of benzene rings is 2. The molecule has 1 aliphatic rings. The van der Waals surface area contributed by atoms with Crippen molar-refractivity contribution in [2.45, 2.75) is 6.10 Å². The average molecular weight is 366 g/mol. The van der Waals surface area contributed by atoms with Crippen molar-refractivity contribution in [3.8, 4) is 5.75 Å². The summed E-state index contributed by atoms with van der Waals surface area (Å²) < 4.78 is 18.6. The van der Waals surface area contributed by atoms with Crippen LogP contribution in [0.2, 0.25) is 5.02 Å². The first-order valence-electron chi connectivity index (χ1n) is 8.50. The Morgan fingerprint density at radius 1 is 1.08 bits per heavy atom. The highest BCUT2D eigenvalue weighted by molar-refractivity contribution is 6.30. The number of hydrogen-bond donors (Lipinski definition) is 2. The fraction of sp³-hybridized carbons (Fsp3) is 0.368. The van der Waals surface area contributed by atoms with Crippen LogP contribution in [0.5, 0.6) is 5.75 Å². The van der Waals surface area contributed by atoms with Crippen LogP contribution in [0.4, 0.5) is 10.1 Å². The largest absolute Gasteiger partial charge is 0.491 e. The maximum absolute atomic E-state index is 13.0. The zero-order valence-corrected chi connectivity index (χ0v) is 14.8. The van der Waals surface area contributed by atoms with Gasteiger partial charge < -0.3 is 19.6 Å². The molecule has 0 saturated carbocycles. The van der Waals surface area contributed by atoms with Gasteiger partial charge in [0, 0.05) is 10.7 Å². The van der Waals surface area contributed by atoms with Crippen molar-refractivity contribution >= 4 is 17.3 Å². The number of nitrogens with zero attached hydrogens (tertiary/aromatic N) is 1. The molecule has 134 valence electrons. The zero-order chi connectivity index (χ0) is 17.6. The average Bonchev–Trinajstić information content (AvgIpc) is 2.63. The molecule has 1 atom stereocenters. The Balaban J connectivity index is 1.40. The van der Waals surface area contributed by atoms with E-state index in [9.17, 15) is 9.50 Å². The highest BCUT2D eigenvalue weighted by atomic mass is 35.5. The smallest absolute Gasteiger partial charge is 0.137 e. The van der Waals surface area contributed by atoms with Crippen LogP contribution in [0, 0.1) is 5.82 Å². The van der Waals surface area contributed by atoms with Crippen LogP contribution >= 0.6 is 11.6 Å². The van der Waals surface area contributed by atoms with Crippen LogP contribution < -0.4 is 14.5 Å². The van der Waals surface area contributed by atoms with Crippen molar-refractivity contribution in [3.63, 3.8) is 0 Å². The number of rotatable bonds is 6.